The molecular formula is C10H19NO3. The molecule has 0 aromatic rings. The van der Waals surface area contributed by atoms with E-state index in [-0.39, 0.29) is 18.1 Å². The highest BCUT2D eigenvalue weighted by atomic mass is 16.5. The van der Waals surface area contributed by atoms with Crippen LogP contribution in [-0.4, -0.2) is 55.2 Å². The van der Waals surface area contributed by atoms with Crippen LogP contribution in [0.1, 0.15) is 13.8 Å². The van der Waals surface area contributed by atoms with Gasteiger partial charge < -0.3 is 14.6 Å². The normalized spacial score (nSPS) is 24.9. The van der Waals surface area contributed by atoms with Crippen molar-refractivity contribution in [2.75, 3.05) is 32.8 Å². The molecule has 0 radical (unpaired) electrons. The van der Waals surface area contributed by atoms with Crippen molar-refractivity contribution >= 4 is 6.29 Å². The quantitative estimate of drug-likeness (QED) is 0.646. The highest BCUT2D eigenvalue weighted by Crippen LogP contribution is 2.15. The van der Waals surface area contributed by atoms with Crippen molar-refractivity contribution < 1.29 is 14.6 Å². The number of aldehydes is 1. The average molecular weight is 201 g/mol. The fraction of sp³-hybridized carbons (Fsp3) is 0.900. The van der Waals surface area contributed by atoms with Crippen molar-refractivity contribution in [3.05, 3.63) is 0 Å². The van der Waals surface area contributed by atoms with Crippen LogP contribution in [0.4, 0.5) is 0 Å². The van der Waals surface area contributed by atoms with E-state index >= 15 is 0 Å². The second kappa shape index (κ2) is 4.87. The Kier molecular flexibility index (Phi) is 4.04. The van der Waals surface area contributed by atoms with Crippen LogP contribution in [0.3, 0.4) is 0 Å². The molecule has 1 aliphatic rings. The van der Waals surface area contributed by atoms with Gasteiger partial charge in [0.05, 0.1) is 19.3 Å². The van der Waals surface area contributed by atoms with E-state index in [0.29, 0.717) is 13.2 Å². The lowest BCUT2D eigenvalue weighted by molar-refractivity contribution is -0.117. The fourth-order valence-corrected chi connectivity index (χ4v) is 1.65. The number of carbonyl (C=O) groups excluding carboxylic acids is 1. The van der Waals surface area contributed by atoms with Crippen molar-refractivity contribution in [1.82, 2.24) is 4.90 Å². The van der Waals surface area contributed by atoms with E-state index < -0.39 is 0 Å². The maximum absolute atomic E-state index is 10.7. The first-order valence-corrected chi connectivity index (χ1v) is 4.98. The predicted molar refractivity (Wildman–Crippen MR) is 53.1 cm³/mol. The van der Waals surface area contributed by atoms with E-state index in [1.807, 2.05) is 13.8 Å². The van der Waals surface area contributed by atoms with E-state index in [1.54, 1.807) is 0 Å². The second-order valence-electron chi connectivity index (χ2n) is 4.52. The Hall–Kier alpha value is -0.450. The zero-order valence-corrected chi connectivity index (χ0v) is 8.90. The Bertz CT molecular complexity index is 194. The van der Waals surface area contributed by atoms with E-state index in [0.717, 1.165) is 19.4 Å². The Balaban J connectivity index is 2.41. The van der Waals surface area contributed by atoms with Crippen LogP contribution in [0.25, 0.3) is 0 Å². The largest absolute Gasteiger partial charge is 0.394 e. The minimum absolute atomic E-state index is 0.0536. The third kappa shape index (κ3) is 3.36. The monoisotopic (exact) mass is 201 g/mol. The first-order chi connectivity index (χ1) is 6.57. The van der Waals surface area contributed by atoms with E-state index in [4.69, 9.17) is 9.84 Å². The van der Waals surface area contributed by atoms with Gasteiger partial charge in [0.2, 0.25) is 0 Å². The molecule has 1 fully saturated rings. The third-order valence-electron chi connectivity index (χ3n) is 2.38. The van der Waals surface area contributed by atoms with Crippen LogP contribution in [0, 0.1) is 5.41 Å². The van der Waals surface area contributed by atoms with Crippen LogP contribution >= 0.6 is 0 Å². The summed E-state index contributed by atoms with van der Waals surface area (Å²) in [7, 11) is 0. The lowest BCUT2D eigenvalue weighted by Crippen LogP contribution is -2.47. The molecule has 0 spiro atoms. The molecule has 14 heavy (non-hydrogen) atoms. The van der Waals surface area contributed by atoms with Gasteiger partial charge in [-0.25, -0.2) is 0 Å². The molecule has 1 aliphatic heterocycles. The molecule has 4 heteroatoms. The maximum atomic E-state index is 10.7. The Morgan fingerprint density at radius 1 is 1.64 bits per heavy atom. The first kappa shape index (κ1) is 11.6. The number of aliphatic hydroxyl groups excluding tert-OH is 1. The van der Waals surface area contributed by atoms with Crippen molar-refractivity contribution in [2.45, 2.75) is 20.0 Å². The second-order valence-corrected chi connectivity index (χ2v) is 4.52. The van der Waals surface area contributed by atoms with Crippen LogP contribution in [-0.2, 0) is 9.53 Å². The molecule has 0 bridgehead atoms. The van der Waals surface area contributed by atoms with Gasteiger partial charge in [-0.05, 0) is 0 Å². The molecule has 0 aliphatic carbocycles. The van der Waals surface area contributed by atoms with Crippen molar-refractivity contribution in [3.8, 4) is 0 Å². The Morgan fingerprint density at radius 3 is 2.93 bits per heavy atom. The topological polar surface area (TPSA) is 49.8 Å². The van der Waals surface area contributed by atoms with Gasteiger partial charge in [-0.3, -0.25) is 4.90 Å². The van der Waals surface area contributed by atoms with Crippen LogP contribution in [0.2, 0.25) is 0 Å². The van der Waals surface area contributed by atoms with Gasteiger partial charge in [0.15, 0.2) is 0 Å². The highest BCUT2D eigenvalue weighted by Gasteiger charge is 2.25. The molecule has 4 nitrogen and oxygen atoms in total. The fourth-order valence-electron chi connectivity index (χ4n) is 1.65. The van der Waals surface area contributed by atoms with E-state index in [2.05, 4.69) is 4.90 Å². The van der Waals surface area contributed by atoms with Crippen LogP contribution in [0.15, 0.2) is 0 Å². The van der Waals surface area contributed by atoms with Crippen molar-refractivity contribution in [3.63, 3.8) is 0 Å². The Morgan fingerprint density at radius 2 is 2.36 bits per heavy atom. The average Bonchev–Trinajstić information content (AvgIpc) is 2.17. The van der Waals surface area contributed by atoms with Crippen LogP contribution < -0.4 is 0 Å². The number of rotatable bonds is 4. The van der Waals surface area contributed by atoms with Gasteiger partial charge >= 0.3 is 0 Å². The molecule has 0 aromatic heterocycles. The van der Waals surface area contributed by atoms with Crippen LogP contribution in [0.5, 0.6) is 0 Å². The number of ether oxygens (including phenoxy) is 1. The van der Waals surface area contributed by atoms with E-state index in [1.165, 1.54) is 0 Å². The zero-order valence-electron chi connectivity index (χ0n) is 8.90. The number of carbonyl (C=O) groups is 1. The van der Waals surface area contributed by atoms with Gasteiger partial charge in [-0.15, -0.1) is 0 Å². The number of aliphatic hydroxyl groups is 1. The summed E-state index contributed by atoms with van der Waals surface area (Å²) in [5.74, 6) is 0. The summed E-state index contributed by atoms with van der Waals surface area (Å²) in [6, 6.07) is 0. The number of hydrogen-bond donors (Lipinski definition) is 1. The van der Waals surface area contributed by atoms with Crippen molar-refractivity contribution in [1.29, 1.82) is 0 Å². The zero-order chi connectivity index (χ0) is 10.6. The standard InChI is InChI=1S/C10H19NO3/c1-10(2,8-13)7-11-3-4-14-9(5-11)6-12/h8-9,12H,3-7H2,1-2H3. The van der Waals surface area contributed by atoms with Gasteiger partial charge in [0, 0.05) is 25.0 Å². The van der Waals surface area contributed by atoms with Gasteiger partial charge in [0.1, 0.15) is 6.29 Å². The predicted octanol–water partition coefficient (Wildman–Crippen LogP) is -0.0954. The summed E-state index contributed by atoms with van der Waals surface area (Å²) >= 11 is 0. The molecular weight excluding hydrogens is 182 g/mol. The molecule has 1 rings (SSSR count). The molecule has 0 aromatic carbocycles. The molecule has 1 saturated heterocycles. The SMILES string of the molecule is CC(C)(C=O)CN1CCOC(CO)C1. The number of nitrogens with zero attached hydrogens (tertiary/aromatic N) is 1. The summed E-state index contributed by atoms with van der Waals surface area (Å²) in [4.78, 5) is 12.9. The molecule has 1 atom stereocenters. The third-order valence-corrected chi connectivity index (χ3v) is 2.38. The van der Waals surface area contributed by atoms with E-state index in [9.17, 15) is 4.79 Å². The maximum Gasteiger partial charge on any atom is 0.126 e. The highest BCUT2D eigenvalue weighted by molar-refractivity contribution is 5.58. The molecule has 1 unspecified atom stereocenters. The molecule has 82 valence electrons. The summed E-state index contributed by atoms with van der Waals surface area (Å²) < 4.78 is 5.33. The van der Waals surface area contributed by atoms with Crippen molar-refractivity contribution in [2.24, 2.45) is 5.41 Å². The number of hydrogen-bond acceptors (Lipinski definition) is 4. The first-order valence-electron chi connectivity index (χ1n) is 4.98. The summed E-state index contributed by atoms with van der Waals surface area (Å²) in [5, 5.41) is 8.94. The number of morpholine rings is 1. The summed E-state index contributed by atoms with van der Waals surface area (Å²) in [6.07, 6.45) is 0.891. The van der Waals surface area contributed by atoms with Gasteiger partial charge in [-0.2, -0.15) is 0 Å². The lowest BCUT2D eigenvalue weighted by atomic mass is 9.95. The molecule has 1 heterocycles. The summed E-state index contributed by atoms with van der Waals surface area (Å²) in [5.41, 5.74) is -0.308. The minimum Gasteiger partial charge on any atom is -0.394 e. The lowest BCUT2D eigenvalue weighted by Gasteiger charge is -2.35. The Labute approximate surface area is 84.8 Å². The molecule has 0 amide bonds. The summed E-state index contributed by atoms with van der Waals surface area (Å²) in [6.45, 7) is 6.82. The smallest absolute Gasteiger partial charge is 0.126 e. The molecule has 0 saturated carbocycles. The van der Waals surface area contributed by atoms with Gasteiger partial charge in [0.25, 0.3) is 0 Å². The van der Waals surface area contributed by atoms with Gasteiger partial charge in [-0.1, -0.05) is 13.8 Å². The minimum atomic E-state index is -0.308. The molecule has 1 N–H and O–H groups in total.